The van der Waals surface area contributed by atoms with E-state index in [1.807, 2.05) is 48.5 Å². The van der Waals surface area contributed by atoms with Gasteiger partial charge in [-0.25, -0.2) is 9.97 Å². The summed E-state index contributed by atoms with van der Waals surface area (Å²) in [6.07, 6.45) is 0.872. The van der Waals surface area contributed by atoms with E-state index in [-0.39, 0.29) is 11.8 Å². The largest absolute Gasteiger partial charge is 0.507 e. The summed E-state index contributed by atoms with van der Waals surface area (Å²) in [4.78, 5) is 9.57. The monoisotopic (exact) mass is 434 g/mol. The van der Waals surface area contributed by atoms with E-state index in [2.05, 4.69) is 42.6 Å². The summed E-state index contributed by atoms with van der Waals surface area (Å²) in [5.41, 5.74) is 9.62. The lowest BCUT2D eigenvalue weighted by Crippen LogP contribution is -2.28. The molecule has 1 atom stereocenters. The molecule has 5 rings (SSSR count). The van der Waals surface area contributed by atoms with Gasteiger partial charge < -0.3 is 16.2 Å². The maximum Gasteiger partial charge on any atom is 0.165 e. The van der Waals surface area contributed by atoms with Gasteiger partial charge in [-0.1, -0.05) is 67.6 Å². The van der Waals surface area contributed by atoms with Crippen molar-refractivity contribution in [1.29, 1.82) is 0 Å². The number of anilines is 1. The molecule has 0 aliphatic carbocycles. The number of aromatic hydroxyl groups is 1. The maximum absolute atomic E-state index is 10.7. The Balaban J connectivity index is 1.64. The average Bonchev–Trinajstić information content (AvgIpc) is 2.87. The van der Waals surface area contributed by atoms with Crippen LogP contribution in [0.5, 0.6) is 5.75 Å². The summed E-state index contributed by atoms with van der Waals surface area (Å²) < 4.78 is 0. The minimum absolute atomic E-state index is 0.0327. The molecule has 0 fully saturated rings. The molecule has 4 aromatic carbocycles. The van der Waals surface area contributed by atoms with E-state index in [9.17, 15) is 5.11 Å². The molecule has 0 bridgehead atoms. The van der Waals surface area contributed by atoms with Gasteiger partial charge in [-0.05, 0) is 52.6 Å². The molecule has 5 nitrogen and oxygen atoms in total. The van der Waals surface area contributed by atoms with Crippen LogP contribution in [-0.4, -0.2) is 27.7 Å². The Kier molecular flexibility index (Phi) is 5.63. The number of phenolic OH excluding ortho intramolecular Hbond substituents is 1. The molecular weight excluding hydrogens is 408 g/mol. The van der Waals surface area contributed by atoms with Crippen LogP contribution in [0.3, 0.4) is 0 Å². The van der Waals surface area contributed by atoms with Crippen molar-refractivity contribution in [2.75, 3.05) is 11.9 Å². The molecule has 0 saturated heterocycles. The van der Waals surface area contributed by atoms with Gasteiger partial charge in [0.15, 0.2) is 5.82 Å². The Morgan fingerprint density at radius 3 is 2.45 bits per heavy atom. The molecule has 0 amide bonds. The summed E-state index contributed by atoms with van der Waals surface area (Å²) in [5, 5.41) is 17.4. The lowest BCUT2D eigenvalue weighted by atomic mass is 9.96. The van der Waals surface area contributed by atoms with Crippen molar-refractivity contribution in [1.82, 2.24) is 9.97 Å². The number of fused-ring (bicyclic) bond motifs is 2. The smallest absolute Gasteiger partial charge is 0.165 e. The number of benzene rings is 4. The summed E-state index contributed by atoms with van der Waals surface area (Å²) in [5.74, 6) is 1.33. The first-order valence-corrected chi connectivity index (χ1v) is 11.2. The molecule has 33 heavy (non-hydrogen) atoms. The van der Waals surface area contributed by atoms with Gasteiger partial charge >= 0.3 is 0 Å². The van der Waals surface area contributed by atoms with Crippen LogP contribution in [0.15, 0.2) is 84.9 Å². The standard InChI is InChI=1S/C28H26N4O/c1-2-20(29)17-30-27-23-11-5-6-13-25(23)31-28(32-27)24-16-19(14-15-26(24)33)22-12-7-9-18-8-3-4-10-21(18)22/h3-16,20,33H,2,17,29H2,1H3,(H,30,31,32)/t20-/m0/s1. The van der Waals surface area contributed by atoms with Gasteiger partial charge in [0.2, 0.25) is 0 Å². The van der Waals surface area contributed by atoms with Crippen LogP contribution in [0.1, 0.15) is 13.3 Å². The normalized spacial score (nSPS) is 12.2. The van der Waals surface area contributed by atoms with E-state index >= 15 is 0 Å². The highest BCUT2D eigenvalue weighted by molar-refractivity contribution is 5.97. The van der Waals surface area contributed by atoms with E-state index in [4.69, 9.17) is 15.7 Å². The second-order valence-corrected chi connectivity index (χ2v) is 8.22. The van der Waals surface area contributed by atoms with E-state index in [1.54, 1.807) is 6.07 Å². The Hall–Kier alpha value is -3.96. The van der Waals surface area contributed by atoms with Crippen molar-refractivity contribution in [3.8, 4) is 28.3 Å². The zero-order valence-corrected chi connectivity index (χ0v) is 18.5. The summed E-state index contributed by atoms with van der Waals surface area (Å²) >= 11 is 0. The first-order valence-electron chi connectivity index (χ1n) is 11.2. The van der Waals surface area contributed by atoms with Gasteiger partial charge in [-0.2, -0.15) is 0 Å². The van der Waals surface area contributed by atoms with Crippen LogP contribution in [0.2, 0.25) is 0 Å². The van der Waals surface area contributed by atoms with E-state index in [0.717, 1.165) is 39.7 Å². The number of para-hydroxylation sites is 1. The Morgan fingerprint density at radius 2 is 1.61 bits per heavy atom. The minimum Gasteiger partial charge on any atom is -0.507 e. The number of phenols is 1. The van der Waals surface area contributed by atoms with Gasteiger partial charge in [0, 0.05) is 18.0 Å². The lowest BCUT2D eigenvalue weighted by molar-refractivity contribution is 0.477. The fourth-order valence-corrected chi connectivity index (χ4v) is 4.06. The van der Waals surface area contributed by atoms with Gasteiger partial charge in [0.05, 0.1) is 11.1 Å². The van der Waals surface area contributed by atoms with E-state index in [1.165, 1.54) is 5.39 Å². The van der Waals surface area contributed by atoms with Crippen molar-refractivity contribution in [2.24, 2.45) is 5.73 Å². The number of hydrogen-bond acceptors (Lipinski definition) is 5. The van der Waals surface area contributed by atoms with Gasteiger partial charge in [-0.3, -0.25) is 0 Å². The molecule has 0 unspecified atom stereocenters. The molecule has 0 spiro atoms. The third-order valence-corrected chi connectivity index (χ3v) is 6.00. The number of aromatic nitrogens is 2. The number of nitrogens with zero attached hydrogens (tertiary/aromatic N) is 2. The highest BCUT2D eigenvalue weighted by Crippen LogP contribution is 2.36. The van der Waals surface area contributed by atoms with E-state index < -0.39 is 0 Å². The second-order valence-electron chi connectivity index (χ2n) is 8.22. The summed E-state index contributed by atoms with van der Waals surface area (Å²) in [6.45, 7) is 2.67. The first kappa shape index (κ1) is 20.9. The SMILES string of the molecule is CC[C@H](N)CNc1nc(-c2cc(-c3cccc4ccccc34)ccc2O)nc2ccccc12. The van der Waals surface area contributed by atoms with Crippen LogP contribution in [0.25, 0.3) is 44.2 Å². The first-order chi connectivity index (χ1) is 16.1. The Labute approximate surface area is 192 Å². The number of nitrogens with one attached hydrogen (secondary N) is 1. The fraction of sp³-hybridized carbons (Fsp3) is 0.143. The molecule has 0 aliphatic heterocycles. The van der Waals surface area contributed by atoms with Crippen molar-refractivity contribution >= 4 is 27.5 Å². The molecular formula is C28H26N4O. The minimum atomic E-state index is 0.0327. The molecule has 1 aromatic heterocycles. The highest BCUT2D eigenvalue weighted by atomic mass is 16.3. The molecule has 164 valence electrons. The third kappa shape index (κ3) is 4.11. The fourth-order valence-electron chi connectivity index (χ4n) is 4.06. The van der Waals surface area contributed by atoms with Crippen molar-refractivity contribution < 1.29 is 5.11 Å². The van der Waals surface area contributed by atoms with Crippen molar-refractivity contribution in [3.05, 3.63) is 84.9 Å². The molecule has 0 saturated carbocycles. The molecule has 0 radical (unpaired) electrons. The number of rotatable bonds is 6. The number of hydrogen-bond donors (Lipinski definition) is 3. The molecule has 1 heterocycles. The van der Waals surface area contributed by atoms with Crippen LogP contribution < -0.4 is 11.1 Å². The third-order valence-electron chi connectivity index (χ3n) is 6.00. The van der Waals surface area contributed by atoms with Crippen LogP contribution in [-0.2, 0) is 0 Å². The molecule has 5 heteroatoms. The van der Waals surface area contributed by atoms with E-state index in [0.29, 0.717) is 17.9 Å². The lowest BCUT2D eigenvalue weighted by Gasteiger charge is -2.15. The summed E-state index contributed by atoms with van der Waals surface area (Å²) in [7, 11) is 0. The highest BCUT2D eigenvalue weighted by Gasteiger charge is 2.15. The predicted octanol–water partition coefficient (Wildman–Crippen LogP) is 5.97. The van der Waals surface area contributed by atoms with Crippen LogP contribution in [0, 0.1) is 0 Å². The topological polar surface area (TPSA) is 84.1 Å². The van der Waals surface area contributed by atoms with Crippen LogP contribution >= 0.6 is 0 Å². The van der Waals surface area contributed by atoms with Gasteiger partial charge in [0.1, 0.15) is 11.6 Å². The Morgan fingerprint density at radius 1 is 0.848 bits per heavy atom. The number of nitrogens with two attached hydrogens (primary N) is 1. The van der Waals surface area contributed by atoms with Crippen molar-refractivity contribution in [2.45, 2.75) is 19.4 Å². The quantitative estimate of drug-likeness (QED) is 0.306. The molecule has 0 aliphatic rings. The maximum atomic E-state index is 10.7. The van der Waals surface area contributed by atoms with Gasteiger partial charge in [0.25, 0.3) is 0 Å². The molecule has 5 aromatic rings. The zero-order valence-electron chi connectivity index (χ0n) is 18.5. The summed E-state index contributed by atoms with van der Waals surface area (Å²) in [6, 6.07) is 28.0. The molecule has 4 N–H and O–H groups in total. The Bertz CT molecular complexity index is 1440. The van der Waals surface area contributed by atoms with Crippen LogP contribution in [0.4, 0.5) is 5.82 Å². The second kappa shape index (κ2) is 8.88. The predicted molar refractivity (Wildman–Crippen MR) is 136 cm³/mol. The van der Waals surface area contributed by atoms with Gasteiger partial charge in [-0.15, -0.1) is 0 Å². The average molecular weight is 435 g/mol. The zero-order chi connectivity index (χ0) is 22.8. The van der Waals surface area contributed by atoms with Crippen molar-refractivity contribution in [3.63, 3.8) is 0 Å².